The summed E-state index contributed by atoms with van der Waals surface area (Å²) < 4.78 is 5.33. The van der Waals surface area contributed by atoms with Gasteiger partial charge in [0.2, 0.25) is 0 Å². The number of rotatable bonds is 7. The molecule has 1 aromatic carbocycles. The van der Waals surface area contributed by atoms with Crippen molar-refractivity contribution in [2.75, 3.05) is 0 Å². The summed E-state index contributed by atoms with van der Waals surface area (Å²) in [5.74, 6) is 0.476. The fourth-order valence-corrected chi connectivity index (χ4v) is 2.17. The monoisotopic (exact) mass is 248 g/mol. The van der Waals surface area contributed by atoms with Crippen LogP contribution in [0.15, 0.2) is 30.3 Å². The summed E-state index contributed by atoms with van der Waals surface area (Å²) in [5, 5.41) is 0. The SMILES string of the molecule is CCC(=O)OC(C)C[C@H](CC)Cc1ccccc1. The van der Waals surface area contributed by atoms with Crippen molar-refractivity contribution >= 4 is 5.97 Å². The Morgan fingerprint density at radius 3 is 2.44 bits per heavy atom. The molecule has 0 heterocycles. The van der Waals surface area contributed by atoms with Crippen LogP contribution in [0.5, 0.6) is 0 Å². The highest BCUT2D eigenvalue weighted by atomic mass is 16.5. The van der Waals surface area contributed by atoms with E-state index < -0.39 is 0 Å². The molecule has 2 heteroatoms. The van der Waals surface area contributed by atoms with E-state index in [2.05, 4.69) is 31.2 Å². The highest BCUT2D eigenvalue weighted by Crippen LogP contribution is 2.19. The summed E-state index contributed by atoms with van der Waals surface area (Å²) in [6, 6.07) is 10.5. The number of carbonyl (C=O) groups is 1. The van der Waals surface area contributed by atoms with Crippen LogP contribution in [0.3, 0.4) is 0 Å². The molecule has 0 aromatic heterocycles. The zero-order valence-electron chi connectivity index (χ0n) is 11.7. The summed E-state index contributed by atoms with van der Waals surface area (Å²) in [5.41, 5.74) is 1.36. The summed E-state index contributed by atoms with van der Waals surface area (Å²) in [7, 11) is 0. The van der Waals surface area contributed by atoms with Gasteiger partial charge >= 0.3 is 5.97 Å². The molecule has 1 unspecified atom stereocenters. The van der Waals surface area contributed by atoms with Crippen molar-refractivity contribution in [3.8, 4) is 0 Å². The predicted octanol–water partition coefficient (Wildman–Crippen LogP) is 3.99. The molecule has 0 saturated carbocycles. The van der Waals surface area contributed by atoms with Crippen LogP contribution >= 0.6 is 0 Å². The summed E-state index contributed by atoms with van der Waals surface area (Å²) in [6.45, 7) is 6.01. The Morgan fingerprint density at radius 1 is 1.22 bits per heavy atom. The minimum atomic E-state index is -0.0999. The topological polar surface area (TPSA) is 26.3 Å². The minimum Gasteiger partial charge on any atom is -0.463 e. The standard InChI is InChI=1S/C16H24O2/c1-4-14(11-13(3)18-16(17)5-2)12-15-9-7-6-8-10-15/h6-10,13-14H,4-5,11-12H2,1-3H3/t13?,14-/m0/s1. The van der Waals surface area contributed by atoms with E-state index in [-0.39, 0.29) is 12.1 Å². The van der Waals surface area contributed by atoms with Gasteiger partial charge in [-0.15, -0.1) is 0 Å². The molecule has 2 atom stereocenters. The third-order valence-corrected chi connectivity index (χ3v) is 3.23. The first-order valence-electron chi connectivity index (χ1n) is 6.89. The Kier molecular flexibility index (Phi) is 6.48. The van der Waals surface area contributed by atoms with Crippen LogP contribution in [-0.4, -0.2) is 12.1 Å². The molecule has 0 saturated heterocycles. The van der Waals surface area contributed by atoms with E-state index in [0.29, 0.717) is 12.3 Å². The quantitative estimate of drug-likeness (QED) is 0.682. The maximum atomic E-state index is 11.2. The zero-order chi connectivity index (χ0) is 13.4. The van der Waals surface area contributed by atoms with Gasteiger partial charge in [-0.05, 0) is 31.2 Å². The van der Waals surface area contributed by atoms with E-state index in [9.17, 15) is 4.79 Å². The van der Waals surface area contributed by atoms with Gasteiger partial charge in [-0.2, -0.15) is 0 Å². The van der Waals surface area contributed by atoms with Crippen LogP contribution in [0.2, 0.25) is 0 Å². The van der Waals surface area contributed by atoms with Crippen LogP contribution in [0.4, 0.5) is 0 Å². The van der Waals surface area contributed by atoms with Gasteiger partial charge in [-0.3, -0.25) is 4.79 Å². The van der Waals surface area contributed by atoms with Gasteiger partial charge in [-0.25, -0.2) is 0 Å². The fraction of sp³-hybridized carbons (Fsp3) is 0.562. The average Bonchev–Trinajstić information content (AvgIpc) is 2.38. The number of hydrogen-bond acceptors (Lipinski definition) is 2. The van der Waals surface area contributed by atoms with Crippen molar-refractivity contribution in [3.05, 3.63) is 35.9 Å². The van der Waals surface area contributed by atoms with Crippen LogP contribution in [-0.2, 0) is 16.0 Å². The molecule has 1 aromatic rings. The third-order valence-electron chi connectivity index (χ3n) is 3.23. The Balaban J connectivity index is 2.44. The van der Waals surface area contributed by atoms with Gasteiger partial charge in [0.05, 0.1) is 6.10 Å². The fourth-order valence-electron chi connectivity index (χ4n) is 2.17. The highest BCUT2D eigenvalue weighted by Gasteiger charge is 2.15. The number of esters is 1. The lowest BCUT2D eigenvalue weighted by atomic mass is 9.92. The molecule has 0 radical (unpaired) electrons. The predicted molar refractivity (Wildman–Crippen MR) is 74.4 cm³/mol. The van der Waals surface area contributed by atoms with E-state index in [1.165, 1.54) is 5.56 Å². The van der Waals surface area contributed by atoms with E-state index in [0.717, 1.165) is 19.3 Å². The number of carbonyl (C=O) groups excluding carboxylic acids is 1. The lowest BCUT2D eigenvalue weighted by molar-refractivity contribution is -0.148. The van der Waals surface area contributed by atoms with Crippen LogP contribution in [0.25, 0.3) is 0 Å². The van der Waals surface area contributed by atoms with Gasteiger partial charge in [-0.1, -0.05) is 50.6 Å². The summed E-state index contributed by atoms with van der Waals surface area (Å²) in [6.07, 6.45) is 3.59. The smallest absolute Gasteiger partial charge is 0.305 e. The van der Waals surface area contributed by atoms with Crippen LogP contribution in [0, 0.1) is 5.92 Å². The lowest BCUT2D eigenvalue weighted by Crippen LogP contribution is -2.19. The van der Waals surface area contributed by atoms with Gasteiger partial charge in [0.25, 0.3) is 0 Å². The molecule has 18 heavy (non-hydrogen) atoms. The maximum Gasteiger partial charge on any atom is 0.305 e. The second-order valence-corrected chi connectivity index (χ2v) is 4.85. The molecule has 1 rings (SSSR count). The van der Waals surface area contributed by atoms with Gasteiger partial charge in [0.15, 0.2) is 0 Å². The summed E-state index contributed by atoms with van der Waals surface area (Å²) in [4.78, 5) is 11.2. The first kappa shape index (κ1) is 14.7. The molecule has 0 aliphatic carbocycles. The number of hydrogen-bond donors (Lipinski definition) is 0. The average molecular weight is 248 g/mol. The molecule has 2 nitrogen and oxygen atoms in total. The third kappa shape index (κ3) is 5.35. The molecule has 0 amide bonds. The van der Waals surface area contributed by atoms with Gasteiger partial charge in [0.1, 0.15) is 0 Å². The molecule has 0 N–H and O–H groups in total. The normalized spacial score (nSPS) is 13.9. The summed E-state index contributed by atoms with van der Waals surface area (Å²) >= 11 is 0. The van der Waals surface area contributed by atoms with E-state index >= 15 is 0 Å². The van der Waals surface area contributed by atoms with Gasteiger partial charge < -0.3 is 4.74 Å². The van der Waals surface area contributed by atoms with Crippen molar-refractivity contribution < 1.29 is 9.53 Å². The molecule has 0 spiro atoms. The van der Waals surface area contributed by atoms with Crippen molar-refractivity contribution in [2.24, 2.45) is 5.92 Å². The molecule has 0 fully saturated rings. The Labute approximate surface area is 110 Å². The second-order valence-electron chi connectivity index (χ2n) is 4.85. The maximum absolute atomic E-state index is 11.2. The first-order valence-corrected chi connectivity index (χ1v) is 6.89. The van der Waals surface area contributed by atoms with Crippen molar-refractivity contribution in [1.82, 2.24) is 0 Å². The second kappa shape index (κ2) is 7.91. The highest BCUT2D eigenvalue weighted by molar-refractivity contribution is 5.69. The van der Waals surface area contributed by atoms with Crippen molar-refractivity contribution in [2.45, 2.75) is 52.6 Å². The largest absolute Gasteiger partial charge is 0.463 e. The molecule has 100 valence electrons. The number of benzene rings is 1. The van der Waals surface area contributed by atoms with E-state index in [1.54, 1.807) is 0 Å². The molecule has 0 bridgehead atoms. The van der Waals surface area contributed by atoms with Crippen molar-refractivity contribution in [1.29, 1.82) is 0 Å². The molecular formula is C16H24O2. The van der Waals surface area contributed by atoms with E-state index in [4.69, 9.17) is 4.74 Å². The van der Waals surface area contributed by atoms with Gasteiger partial charge in [0, 0.05) is 6.42 Å². The zero-order valence-corrected chi connectivity index (χ0v) is 11.7. The Morgan fingerprint density at radius 2 is 1.89 bits per heavy atom. The molecule has 0 aliphatic heterocycles. The Hall–Kier alpha value is -1.31. The Bertz CT molecular complexity index is 345. The van der Waals surface area contributed by atoms with E-state index in [1.807, 2.05) is 19.9 Å². The van der Waals surface area contributed by atoms with Crippen LogP contribution < -0.4 is 0 Å². The molecule has 0 aliphatic rings. The lowest BCUT2D eigenvalue weighted by Gasteiger charge is -2.20. The van der Waals surface area contributed by atoms with Crippen LogP contribution in [0.1, 0.15) is 45.6 Å². The first-order chi connectivity index (χ1) is 8.65. The van der Waals surface area contributed by atoms with Crippen molar-refractivity contribution in [3.63, 3.8) is 0 Å². The number of ether oxygens (including phenoxy) is 1. The minimum absolute atomic E-state index is 0.0195. The molecular weight excluding hydrogens is 224 g/mol.